The second-order valence-electron chi connectivity index (χ2n) is 5.00. The van der Waals surface area contributed by atoms with Gasteiger partial charge in [0.15, 0.2) is 0 Å². The highest BCUT2D eigenvalue weighted by atomic mass is 14.9. The summed E-state index contributed by atoms with van der Waals surface area (Å²) in [6, 6.07) is 4.91. The predicted molar refractivity (Wildman–Crippen MR) is 70.8 cm³/mol. The maximum absolute atomic E-state index is 5.89. The zero-order valence-corrected chi connectivity index (χ0v) is 10.3. The molecule has 0 radical (unpaired) electrons. The van der Waals surface area contributed by atoms with Gasteiger partial charge in [-0.25, -0.2) is 0 Å². The van der Waals surface area contributed by atoms with E-state index in [-0.39, 0.29) is 0 Å². The first-order valence-electron chi connectivity index (χ1n) is 6.30. The Bertz CT molecular complexity index is 365. The van der Waals surface area contributed by atoms with Gasteiger partial charge in [-0.1, -0.05) is 19.3 Å². The third kappa shape index (κ3) is 2.49. The molecule has 0 aromatic heterocycles. The fourth-order valence-electron chi connectivity index (χ4n) is 2.46. The highest BCUT2D eigenvalue weighted by Gasteiger charge is 2.14. The van der Waals surface area contributed by atoms with Crippen molar-refractivity contribution in [3.63, 3.8) is 0 Å². The summed E-state index contributed by atoms with van der Waals surface area (Å²) in [6.07, 6.45) is 6.75. The van der Waals surface area contributed by atoms with E-state index in [1.807, 2.05) is 0 Å². The second kappa shape index (κ2) is 4.77. The molecule has 2 heteroatoms. The number of aryl methyl sites for hydroxylation is 2. The van der Waals surface area contributed by atoms with Crippen molar-refractivity contribution in [1.82, 2.24) is 0 Å². The number of rotatable bonds is 2. The molecule has 16 heavy (non-hydrogen) atoms. The minimum absolute atomic E-state index is 0.662. The van der Waals surface area contributed by atoms with E-state index >= 15 is 0 Å². The first-order valence-corrected chi connectivity index (χ1v) is 6.30. The summed E-state index contributed by atoms with van der Waals surface area (Å²) in [5.74, 6) is 0. The van der Waals surface area contributed by atoms with E-state index in [1.165, 1.54) is 48.9 Å². The van der Waals surface area contributed by atoms with Crippen LogP contribution >= 0.6 is 0 Å². The van der Waals surface area contributed by atoms with Gasteiger partial charge in [0.1, 0.15) is 0 Å². The third-order valence-electron chi connectivity index (χ3n) is 3.58. The summed E-state index contributed by atoms with van der Waals surface area (Å²) in [5, 5.41) is 3.66. The zero-order chi connectivity index (χ0) is 11.5. The molecule has 1 saturated carbocycles. The smallest absolute Gasteiger partial charge is 0.0376 e. The van der Waals surface area contributed by atoms with Gasteiger partial charge >= 0.3 is 0 Å². The number of anilines is 2. The summed E-state index contributed by atoms with van der Waals surface area (Å²) in [5.41, 5.74) is 10.5. The van der Waals surface area contributed by atoms with Gasteiger partial charge in [0, 0.05) is 17.4 Å². The second-order valence-corrected chi connectivity index (χ2v) is 5.00. The molecule has 2 nitrogen and oxygen atoms in total. The molecule has 1 fully saturated rings. The minimum Gasteiger partial charge on any atom is -0.399 e. The standard InChI is InChI=1S/C14H22N2/c1-10-9-14(11(2)8-13(10)15)16-12-6-4-3-5-7-12/h8-9,12,16H,3-7,15H2,1-2H3. The SMILES string of the molecule is Cc1cc(NC2CCCCC2)c(C)cc1N. The topological polar surface area (TPSA) is 38.0 Å². The Labute approximate surface area is 98.2 Å². The largest absolute Gasteiger partial charge is 0.399 e. The molecule has 1 aromatic carbocycles. The Kier molecular flexibility index (Phi) is 3.37. The predicted octanol–water partition coefficient (Wildman–Crippen LogP) is 3.63. The highest BCUT2D eigenvalue weighted by Crippen LogP contribution is 2.26. The molecule has 0 bridgehead atoms. The van der Waals surface area contributed by atoms with E-state index in [9.17, 15) is 0 Å². The molecule has 0 heterocycles. The van der Waals surface area contributed by atoms with Crippen LogP contribution in [0.3, 0.4) is 0 Å². The number of hydrogen-bond donors (Lipinski definition) is 2. The van der Waals surface area contributed by atoms with Crippen LogP contribution in [0.4, 0.5) is 11.4 Å². The first-order chi connectivity index (χ1) is 7.66. The zero-order valence-electron chi connectivity index (χ0n) is 10.3. The Balaban J connectivity index is 2.11. The number of benzene rings is 1. The van der Waals surface area contributed by atoms with Crippen molar-refractivity contribution in [2.24, 2.45) is 0 Å². The lowest BCUT2D eigenvalue weighted by atomic mass is 9.95. The number of hydrogen-bond acceptors (Lipinski definition) is 2. The lowest BCUT2D eigenvalue weighted by molar-refractivity contribution is 0.462. The van der Waals surface area contributed by atoms with Gasteiger partial charge in [0.2, 0.25) is 0 Å². The van der Waals surface area contributed by atoms with Crippen molar-refractivity contribution in [1.29, 1.82) is 0 Å². The average Bonchev–Trinajstić information content (AvgIpc) is 2.27. The van der Waals surface area contributed by atoms with Gasteiger partial charge < -0.3 is 11.1 Å². The van der Waals surface area contributed by atoms with Crippen LogP contribution in [-0.4, -0.2) is 6.04 Å². The summed E-state index contributed by atoms with van der Waals surface area (Å²) in [7, 11) is 0. The monoisotopic (exact) mass is 218 g/mol. The molecule has 3 N–H and O–H groups in total. The van der Waals surface area contributed by atoms with Crippen molar-refractivity contribution in [3.05, 3.63) is 23.3 Å². The number of nitrogen functional groups attached to an aromatic ring is 1. The molecule has 1 aromatic rings. The normalized spacial score (nSPS) is 17.4. The molecule has 0 atom stereocenters. The van der Waals surface area contributed by atoms with Crippen LogP contribution in [0.1, 0.15) is 43.2 Å². The van der Waals surface area contributed by atoms with Gasteiger partial charge in [-0.2, -0.15) is 0 Å². The molecule has 0 spiro atoms. The van der Waals surface area contributed by atoms with Crippen LogP contribution in [0.5, 0.6) is 0 Å². The van der Waals surface area contributed by atoms with Gasteiger partial charge in [-0.3, -0.25) is 0 Å². The Morgan fingerprint density at radius 3 is 2.44 bits per heavy atom. The van der Waals surface area contributed by atoms with Gasteiger partial charge in [-0.15, -0.1) is 0 Å². The third-order valence-corrected chi connectivity index (χ3v) is 3.58. The Morgan fingerprint density at radius 2 is 1.75 bits per heavy atom. The lowest BCUT2D eigenvalue weighted by Gasteiger charge is -2.25. The van der Waals surface area contributed by atoms with Crippen molar-refractivity contribution in [2.75, 3.05) is 11.1 Å². The van der Waals surface area contributed by atoms with Crippen molar-refractivity contribution < 1.29 is 0 Å². The van der Waals surface area contributed by atoms with E-state index in [0.717, 1.165) is 5.69 Å². The van der Waals surface area contributed by atoms with Crippen molar-refractivity contribution >= 4 is 11.4 Å². The molecule has 0 unspecified atom stereocenters. The van der Waals surface area contributed by atoms with E-state index in [0.29, 0.717) is 6.04 Å². The molecule has 0 saturated heterocycles. The average molecular weight is 218 g/mol. The van der Waals surface area contributed by atoms with Crippen molar-refractivity contribution in [2.45, 2.75) is 52.0 Å². The Morgan fingerprint density at radius 1 is 1.06 bits per heavy atom. The van der Waals surface area contributed by atoms with Crippen LogP contribution in [-0.2, 0) is 0 Å². The molecule has 1 aliphatic carbocycles. The lowest BCUT2D eigenvalue weighted by Crippen LogP contribution is -2.22. The Hall–Kier alpha value is -1.18. The van der Waals surface area contributed by atoms with Crippen LogP contribution in [0.15, 0.2) is 12.1 Å². The summed E-state index contributed by atoms with van der Waals surface area (Å²) in [6.45, 7) is 4.20. The van der Waals surface area contributed by atoms with Crippen molar-refractivity contribution in [3.8, 4) is 0 Å². The molecular weight excluding hydrogens is 196 g/mol. The van der Waals surface area contributed by atoms with E-state index in [2.05, 4.69) is 31.3 Å². The highest BCUT2D eigenvalue weighted by molar-refractivity contribution is 5.62. The summed E-state index contributed by atoms with van der Waals surface area (Å²) >= 11 is 0. The van der Waals surface area contributed by atoms with Crippen LogP contribution in [0.2, 0.25) is 0 Å². The molecule has 88 valence electrons. The molecular formula is C14H22N2. The van der Waals surface area contributed by atoms with Gasteiger partial charge in [0.25, 0.3) is 0 Å². The minimum atomic E-state index is 0.662. The summed E-state index contributed by atoms with van der Waals surface area (Å²) < 4.78 is 0. The first kappa shape index (κ1) is 11.3. The fourth-order valence-corrected chi connectivity index (χ4v) is 2.46. The van der Waals surface area contributed by atoms with E-state index in [1.54, 1.807) is 0 Å². The molecule has 2 rings (SSSR count). The van der Waals surface area contributed by atoms with Crippen LogP contribution in [0, 0.1) is 13.8 Å². The quantitative estimate of drug-likeness (QED) is 0.744. The maximum atomic E-state index is 5.89. The molecule has 0 amide bonds. The van der Waals surface area contributed by atoms with Crippen LogP contribution < -0.4 is 11.1 Å². The van der Waals surface area contributed by atoms with Crippen LogP contribution in [0.25, 0.3) is 0 Å². The van der Waals surface area contributed by atoms with Gasteiger partial charge in [-0.05, 0) is 49.9 Å². The summed E-state index contributed by atoms with van der Waals surface area (Å²) in [4.78, 5) is 0. The van der Waals surface area contributed by atoms with Gasteiger partial charge in [0.05, 0.1) is 0 Å². The fraction of sp³-hybridized carbons (Fsp3) is 0.571. The number of nitrogens with two attached hydrogens (primary N) is 1. The number of nitrogens with one attached hydrogen (secondary N) is 1. The van der Waals surface area contributed by atoms with E-state index in [4.69, 9.17) is 5.73 Å². The molecule has 1 aliphatic rings. The maximum Gasteiger partial charge on any atom is 0.0376 e. The molecule has 0 aliphatic heterocycles. The van der Waals surface area contributed by atoms with E-state index < -0.39 is 0 Å².